The number of unbranched alkanes of at least 4 members (excludes halogenated alkanes) is 2. The maximum absolute atomic E-state index is 11.5. The molecule has 0 atom stereocenters. The molecular weight excluding hydrogens is 420 g/mol. The molecule has 0 amide bonds. The van der Waals surface area contributed by atoms with Gasteiger partial charge in [-0.25, -0.2) is 9.59 Å². The summed E-state index contributed by atoms with van der Waals surface area (Å²) in [5.41, 5.74) is -0.981. The summed E-state index contributed by atoms with van der Waals surface area (Å²) in [5.74, 6) is -0.717. The van der Waals surface area contributed by atoms with E-state index in [-0.39, 0.29) is 25.2 Å². The van der Waals surface area contributed by atoms with E-state index >= 15 is 0 Å². The highest BCUT2D eigenvalue weighted by Crippen LogP contribution is 2.07. The van der Waals surface area contributed by atoms with E-state index in [4.69, 9.17) is 33.2 Å². The lowest BCUT2D eigenvalue weighted by atomic mass is 10.2. The Labute approximate surface area is 193 Å². The predicted molar refractivity (Wildman–Crippen MR) is 120 cm³/mol. The number of esters is 2. The summed E-state index contributed by atoms with van der Waals surface area (Å²) in [7, 11) is 0. The average molecular weight is 465 g/mol. The molecule has 0 aromatic heterocycles. The summed E-state index contributed by atoms with van der Waals surface area (Å²) in [4.78, 5) is 22.9. The lowest BCUT2D eigenvalue weighted by molar-refractivity contribution is -0.161. The van der Waals surface area contributed by atoms with Gasteiger partial charge in [0.15, 0.2) is 0 Å². The van der Waals surface area contributed by atoms with Crippen molar-refractivity contribution in [2.75, 3.05) is 66.1 Å². The van der Waals surface area contributed by atoms with E-state index in [0.29, 0.717) is 52.9 Å². The molecule has 0 aromatic carbocycles. The van der Waals surface area contributed by atoms with Gasteiger partial charge in [0.05, 0.1) is 39.6 Å². The maximum Gasteiger partial charge on any atom is 0.332 e. The zero-order chi connectivity index (χ0) is 24.3. The van der Waals surface area contributed by atoms with Crippen LogP contribution in [0.2, 0.25) is 0 Å². The summed E-state index contributed by atoms with van der Waals surface area (Å²) >= 11 is 0. The SMILES string of the molecule is CC(C)(C)OC(=O)COCCCCCOCCOCCOCCOCC(=O)OC(C)(C)C. The van der Waals surface area contributed by atoms with E-state index in [1.165, 1.54) is 0 Å². The van der Waals surface area contributed by atoms with Crippen molar-refractivity contribution in [3.05, 3.63) is 0 Å². The molecule has 0 saturated carbocycles. The number of ether oxygens (including phenoxy) is 7. The highest BCUT2D eigenvalue weighted by molar-refractivity contribution is 5.71. The first kappa shape index (κ1) is 30.7. The molecule has 0 heterocycles. The maximum atomic E-state index is 11.5. The Bertz CT molecular complexity index is 437. The van der Waals surface area contributed by atoms with Crippen LogP contribution in [0.15, 0.2) is 0 Å². The van der Waals surface area contributed by atoms with Crippen molar-refractivity contribution in [1.82, 2.24) is 0 Å². The number of hydrogen-bond donors (Lipinski definition) is 0. The third-order valence-corrected chi connectivity index (χ3v) is 3.47. The monoisotopic (exact) mass is 464 g/mol. The summed E-state index contributed by atoms with van der Waals surface area (Å²) in [6.07, 6.45) is 2.78. The summed E-state index contributed by atoms with van der Waals surface area (Å²) < 4.78 is 37.1. The van der Waals surface area contributed by atoms with Crippen LogP contribution in [0.25, 0.3) is 0 Å². The highest BCUT2D eigenvalue weighted by atomic mass is 16.6. The van der Waals surface area contributed by atoms with Crippen molar-refractivity contribution in [3.63, 3.8) is 0 Å². The van der Waals surface area contributed by atoms with Gasteiger partial charge in [-0.2, -0.15) is 0 Å². The van der Waals surface area contributed by atoms with Crippen molar-refractivity contribution in [2.45, 2.75) is 72.0 Å². The van der Waals surface area contributed by atoms with Crippen molar-refractivity contribution in [3.8, 4) is 0 Å². The minimum absolute atomic E-state index is 0.00602. The van der Waals surface area contributed by atoms with Crippen molar-refractivity contribution < 1.29 is 42.7 Å². The van der Waals surface area contributed by atoms with Gasteiger partial charge in [-0.3, -0.25) is 0 Å². The van der Waals surface area contributed by atoms with E-state index in [0.717, 1.165) is 19.3 Å². The van der Waals surface area contributed by atoms with Crippen molar-refractivity contribution in [1.29, 1.82) is 0 Å². The molecule has 0 aliphatic rings. The van der Waals surface area contributed by atoms with E-state index in [1.807, 2.05) is 41.5 Å². The number of carbonyl (C=O) groups excluding carboxylic acids is 2. The Morgan fingerprint density at radius 3 is 1.19 bits per heavy atom. The molecule has 0 spiro atoms. The zero-order valence-electron chi connectivity index (χ0n) is 20.9. The molecule has 0 saturated heterocycles. The van der Waals surface area contributed by atoms with Gasteiger partial charge in [-0.1, -0.05) is 0 Å². The second-order valence-corrected chi connectivity index (χ2v) is 9.18. The van der Waals surface area contributed by atoms with E-state index < -0.39 is 11.2 Å². The standard InChI is InChI=1S/C23H44O9/c1-22(2,3)31-20(24)18-29-11-9-7-8-10-26-12-13-27-14-15-28-16-17-30-19-21(25)32-23(4,5)6/h7-19H2,1-6H3. The first-order chi connectivity index (χ1) is 15.0. The van der Waals surface area contributed by atoms with Crippen molar-refractivity contribution in [2.24, 2.45) is 0 Å². The molecule has 0 radical (unpaired) electrons. The van der Waals surface area contributed by atoms with Gasteiger partial charge in [-0.05, 0) is 60.8 Å². The number of carbonyl (C=O) groups is 2. The zero-order valence-corrected chi connectivity index (χ0v) is 20.9. The predicted octanol–water partition coefficient (Wildman–Crippen LogP) is 2.92. The fourth-order valence-corrected chi connectivity index (χ4v) is 2.30. The first-order valence-corrected chi connectivity index (χ1v) is 11.3. The van der Waals surface area contributed by atoms with Gasteiger partial charge in [-0.15, -0.1) is 0 Å². The normalized spacial score (nSPS) is 12.1. The second-order valence-electron chi connectivity index (χ2n) is 9.18. The third-order valence-electron chi connectivity index (χ3n) is 3.47. The fourth-order valence-electron chi connectivity index (χ4n) is 2.30. The Morgan fingerprint density at radius 2 is 0.781 bits per heavy atom. The Hall–Kier alpha value is -1.26. The Kier molecular flexibility index (Phi) is 17.5. The molecular formula is C23H44O9. The minimum Gasteiger partial charge on any atom is -0.458 e. The molecule has 0 N–H and O–H groups in total. The summed E-state index contributed by atoms with van der Waals surface area (Å²) in [5, 5.41) is 0. The van der Waals surface area contributed by atoms with Crippen LogP contribution in [0, 0.1) is 0 Å². The van der Waals surface area contributed by atoms with Crippen LogP contribution >= 0.6 is 0 Å². The average Bonchev–Trinajstić information content (AvgIpc) is 2.64. The van der Waals surface area contributed by atoms with Gasteiger partial charge in [0.1, 0.15) is 24.4 Å². The van der Waals surface area contributed by atoms with Crippen LogP contribution in [-0.4, -0.2) is 89.2 Å². The van der Waals surface area contributed by atoms with Crippen molar-refractivity contribution >= 4 is 11.9 Å². The van der Waals surface area contributed by atoms with Gasteiger partial charge >= 0.3 is 11.9 Å². The second kappa shape index (κ2) is 18.2. The van der Waals surface area contributed by atoms with Crippen LogP contribution in [0.3, 0.4) is 0 Å². The lowest BCUT2D eigenvalue weighted by Crippen LogP contribution is -2.27. The lowest BCUT2D eigenvalue weighted by Gasteiger charge is -2.19. The van der Waals surface area contributed by atoms with Gasteiger partial charge in [0.2, 0.25) is 0 Å². The molecule has 0 aliphatic heterocycles. The first-order valence-electron chi connectivity index (χ1n) is 11.3. The van der Waals surface area contributed by atoms with Crippen LogP contribution in [0.4, 0.5) is 0 Å². The Morgan fingerprint density at radius 1 is 0.469 bits per heavy atom. The molecule has 9 heteroatoms. The smallest absolute Gasteiger partial charge is 0.332 e. The molecule has 32 heavy (non-hydrogen) atoms. The molecule has 0 fully saturated rings. The Balaban J connectivity index is 3.23. The largest absolute Gasteiger partial charge is 0.458 e. The quantitative estimate of drug-likeness (QED) is 0.211. The molecule has 0 bridgehead atoms. The molecule has 0 aliphatic carbocycles. The highest BCUT2D eigenvalue weighted by Gasteiger charge is 2.16. The molecule has 0 unspecified atom stereocenters. The summed E-state index contributed by atoms with van der Waals surface area (Å²) in [6, 6.07) is 0. The van der Waals surface area contributed by atoms with Gasteiger partial charge < -0.3 is 33.2 Å². The molecule has 0 aromatic rings. The van der Waals surface area contributed by atoms with Crippen LogP contribution in [-0.2, 0) is 42.7 Å². The third kappa shape index (κ3) is 25.0. The topological polar surface area (TPSA) is 98.8 Å². The van der Waals surface area contributed by atoms with Crippen LogP contribution in [0.1, 0.15) is 60.8 Å². The van der Waals surface area contributed by atoms with Crippen LogP contribution in [0.5, 0.6) is 0 Å². The van der Waals surface area contributed by atoms with E-state index in [2.05, 4.69) is 0 Å². The molecule has 9 nitrogen and oxygen atoms in total. The van der Waals surface area contributed by atoms with E-state index in [9.17, 15) is 9.59 Å². The number of rotatable bonds is 19. The van der Waals surface area contributed by atoms with Crippen LogP contribution < -0.4 is 0 Å². The van der Waals surface area contributed by atoms with Gasteiger partial charge in [0, 0.05) is 13.2 Å². The van der Waals surface area contributed by atoms with E-state index in [1.54, 1.807) is 0 Å². The number of hydrogen-bond acceptors (Lipinski definition) is 9. The fraction of sp³-hybridized carbons (Fsp3) is 0.913. The summed E-state index contributed by atoms with van der Waals surface area (Å²) in [6.45, 7) is 14.8. The minimum atomic E-state index is -0.503. The van der Waals surface area contributed by atoms with Gasteiger partial charge in [0.25, 0.3) is 0 Å². The molecule has 0 rings (SSSR count). The molecule has 190 valence electrons.